The van der Waals surface area contributed by atoms with Gasteiger partial charge < -0.3 is 9.47 Å². The van der Waals surface area contributed by atoms with Gasteiger partial charge in [0.05, 0.1) is 30.5 Å². The quantitative estimate of drug-likeness (QED) is 0.314. The number of thiocarbonyl (C=S) groups is 1. The number of methoxy groups -OCH3 is 2. The van der Waals surface area contributed by atoms with Gasteiger partial charge in [-0.15, -0.1) is 0 Å². The Morgan fingerprint density at radius 3 is 2.17 bits per heavy atom. The summed E-state index contributed by atoms with van der Waals surface area (Å²) in [6, 6.07) is 20.9. The number of thioether (sulfide) groups is 1. The summed E-state index contributed by atoms with van der Waals surface area (Å²) < 4.78 is 11.0. The van der Waals surface area contributed by atoms with Crippen LogP contribution < -0.4 is 14.4 Å². The van der Waals surface area contributed by atoms with E-state index in [2.05, 4.69) is 0 Å². The molecule has 1 fully saturated rings. The van der Waals surface area contributed by atoms with Crippen LogP contribution in [0.2, 0.25) is 0 Å². The van der Waals surface area contributed by atoms with Gasteiger partial charge in [0.2, 0.25) is 0 Å². The number of para-hydroxylation sites is 2. The smallest absolute Gasteiger partial charge is 0.266 e. The Labute approximate surface area is 216 Å². The van der Waals surface area contributed by atoms with Crippen molar-refractivity contribution in [2.24, 2.45) is 0 Å². The van der Waals surface area contributed by atoms with Crippen molar-refractivity contribution in [2.45, 2.75) is 9.79 Å². The highest BCUT2D eigenvalue weighted by atomic mass is 32.2. The summed E-state index contributed by atoms with van der Waals surface area (Å²) in [5, 5.41) is 0. The van der Waals surface area contributed by atoms with E-state index in [1.165, 1.54) is 16.7 Å². The van der Waals surface area contributed by atoms with Crippen LogP contribution in [0.25, 0.3) is 6.08 Å². The molecule has 9 heteroatoms. The van der Waals surface area contributed by atoms with E-state index < -0.39 is 0 Å². The Balaban J connectivity index is 1.41. The normalized spacial score (nSPS) is 15.8. The first kappa shape index (κ1) is 23.5. The van der Waals surface area contributed by atoms with E-state index in [0.717, 1.165) is 26.7 Å². The minimum absolute atomic E-state index is 0.152. The number of hydrogen-bond acceptors (Lipinski definition) is 7. The zero-order valence-corrected chi connectivity index (χ0v) is 21.3. The first-order valence-corrected chi connectivity index (χ1v) is 12.7. The zero-order valence-electron chi connectivity index (χ0n) is 18.9. The summed E-state index contributed by atoms with van der Waals surface area (Å²) in [4.78, 5) is 32.3. The van der Waals surface area contributed by atoms with Gasteiger partial charge in [0, 0.05) is 9.79 Å². The summed E-state index contributed by atoms with van der Waals surface area (Å²) in [6.45, 7) is -0.152. The predicted molar refractivity (Wildman–Crippen MR) is 144 cm³/mol. The van der Waals surface area contributed by atoms with Crippen LogP contribution in [0.4, 0.5) is 11.4 Å². The molecule has 2 aliphatic heterocycles. The molecule has 0 unspecified atom stereocenters. The van der Waals surface area contributed by atoms with Crippen molar-refractivity contribution in [2.75, 3.05) is 25.7 Å². The number of nitrogens with zero attached hydrogens (tertiary/aromatic N) is 2. The lowest BCUT2D eigenvalue weighted by Gasteiger charge is -2.32. The Hall–Kier alpha value is -3.27. The molecule has 176 valence electrons. The molecule has 2 amide bonds. The minimum atomic E-state index is -0.295. The third-order valence-electron chi connectivity index (χ3n) is 5.55. The van der Waals surface area contributed by atoms with Gasteiger partial charge in [-0.2, -0.15) is 0 Å². The van der Waals surface area contributed by atoms with Crippen molar-refractivity contribution in [3.05, 3.63) is 77.2 Å². The molecule has 6 nitrogen and oxygen atoms in total. The van der Waals surface area contributed by atoms with Crippen molar-refractivity contribution < 1.29 is 19.1 Å². The van der Waals surface area contributed by atoms with E-state index in [9.17, 15) is 9.59 Å². The Morgan fingerprint density at radius 1 is 0.914 bits per heavy atom. The van der Waals surface area contributed by atoms with Crippen molar-refractivity contribution in [3.63, 3.8) is 0 Å². The molecule has 0 N–H and O–H groups in total. The van der Waals surface area contributed by atoms with Gasteiger partial charge in [-0.3, -0.25) is 19.4 Å². The van der Waals surface area contributed by atoms with Crippen molar-refractivity contribution in [3.8, 4) is 11.5 Å². The summed E-state index contributed by atoms with van der Waals surface area (Å²) in [6.07, 6.45) is 1.74. The zero-order chi connectivity index (χ0) is 24.5. The van der Waals surface area contributed by atoms with Gasteiger partial charge in [-0.1, -0.05) is 66.1 Å². The maximum Gasteiger partial charge on any atom is 0.266 e. The molecule has 2 aliphatic rings. The largest absolute Gasteiger partial charge is 0.493 e. The van der Waals surface area contributed by atoms with Gasteiger partial charge in [-0.05, 0) is 48.0 Å². The molecule has 1 saturated heterocycles. The highest BCUT2D eigenvalue weighted by Crippen LogP contribution is 2.48. The second-order valence-electron chi connectivity index (χ2n) is 7.65. The maximum absolute atomic E-state index is 13.6. The van der Waals surface area contributed by atoms with Gasteiger partial charge in [0.1, 0.15) is 10.9 Å². The highest BCUT2D eigenvalue weighted by molar-refractivity contribution is 8.26. The van der Waals surface area contributed by atoms with Gasteiger partial charge in [0.25, 0.3) is 11.8 Å². The fourth-order valence-electron chi connectivity index (χ4n) is 3.91. The summed E-state index contributed by atoms with van der Waals surface area (Å²) in [5.41, 5.74) is 2.37. The molecule has 3 aromatic carbocycles. The van der Waals surface area contributed by atoms with Crippen molar-refractivity contribution in [1.29, 1.82) is 0 Å². The molecule has 0 radical (unpaired) electrons. The van der Waals surface area contributed by atoms with Crippen molar-refractivity contribution in [1.82, 2.24) is 4.90 Å². The number of anilines is 2. The summed E-state index contributed by atoms with van der Waals surface area (Å²) in [5.74, 6) is 0.639. The SMILES string of the molecule is COc1ccc(/C=C2/SC(=S)N(CC(=O)N3c4ccccc4Sc4ccccc43)C2=O)cc1OC. The van der Waals surface area contributed by atoms with Crippen LogP contribution in [-0.4, -0.2) is 41.8 Å². The topological polar surface area (TPSA) is 59.1 Å². The average molecular weight is 521 g/mol. The molecule has 35 heavy (non-hydrogen) atoms. The van der Waals surface area contributed by atoms with Crippen LogP contribution in [-0.2, 0) is 9.59 Å². The predicted octanol–water partition coefficient (Wildman–Crippen LogP) is 5.73. The second kappa shape index (κ2) is 9.77. The van der Waals surface area contributed by atoms with Crippen LogP contribution in [0, 0.1) is 0 Å². The number of ether oxygens (including phenoxy) is 2. The third kappa shape index (κ3) is 4.42. The molecule has 0 saturated carbocycles. The number of carbonyl (C=O) groups excluding carboxylic acids is 2. The third-order valence-corrected chi connectivity index (χ3v) is 8.06. The Bertz CT molecular complexity index is 1340. The Kier molecular flexibility index (Phi) is 6.55. The Morgan fingerprint density at radius 2 is 1.54 bits per heavy atom. The minimum Gasteiger partial charge on any atom is -0.493 e. The molecule has 0 aromatic heterocycles. The molecule has 2 heterocycles. The molecule has 0 bridgehead atoms. The fourth-order valence-corrected chi connectivity index (χ4v) is 6.22. The molecule has 5 rings (SSSR count). The second-order valence-corrected chi connectivity index (χ2v) is 10.4. The lowest BCUT2D eigenvalue weighted by atomic mass is 10.2. The monoisotopic (exact) mass is 520 g/mol. The van der Waals surface area contributed by atoms with E-state index >= 15 is 0 Å². The first-order chi connectivity index (χ1) is 17.0. The summed E-state index contributed by atoms with van der Waals surface area (Å²) in [7, 11) is 3.12. The van der Waals surface area contributed by atoms with Crippen LogP contribution in [0.5, 0.6) is 11.5 Å². The van der Waals surface area contributed by atoms with Gasteiger partial charge in [0.15, 0.2) is 11.5 Å². The average Bonchev–Trinajstić information content (AvgIpc) is 3.14. The van der Waals surface area contributed by atoms with E-state index in [1.54, 1.807) is 49.1 Å². The standard InChI is InChI=1S/C26H20N2O4S3/c1-31-19-12-11-16(13-20(19)32-2)14-23-25(30)27(26(33)35-23)15-24(29)28-17-7-3-5-9-21(17)34-22-10-6-4-8-18(22)28/h3-14H,15H2,1-2H3/b23-14+. The number of amides is 2. The maximum atomic E-state index is 13.6. The molecule has 0 spiro atoms. The molecular formula is C26H20N2O4S3. The van der Waals surface area contributed by atoms with E-state index in [1.807, 2.05) is 54.6 Å². The molecule has 0 atom stereocenters. The van der Waals surface area contributed by atoms with Crippen molar-refractivity contribution >= 4 is 69.3 Å². The molecular weight excluding hydrogens is 500 g/mol. The lowest BCUT2D eigenvalue weighted by Crippen LogP contribution is -2.41. The molecule has 3 aromatic rings. The van der Waals surface area contributed by atoms with Crippen LogP contribution in [0.15, 0.2) is 81.4 Å². The number of rotatable bonds is 5. The van der Waals surface area contributed by atoms with E-state index in [-0.39, 0.29) is 18.4 Å². The number of fused-ring (bicyclic) bond motifs is 2. The summed E-state index contributed by atoms with van der Waals surface area (Å²) >= 11 is 8.29. The number of carbonyl (C=O) groups is 2. The van der Waals surface area contributed by atoms with Crippen LogP contribution in [0.3, 0.4) is 0 Å². The first-order valence-electron chi connectivity index (χ1n) is 10.7. The molecule has 0 aliphatic carbocycles. The fraction of sp³-hybridized carbons (Fsp3) is 0.115. The number of hydrogen-bond donors (Lipinski definition) is 0. The van der Waals surface area contributed by atoms with Gasteiger partial charge in [-0.25, -0.2) is 0 Å². The number of benzene rings is 3. The van der Waals surface area contributed by atoms with Crippen LogP contribution in [0.1, 0.15) is 5.56 Å². The van der Waals surface area contributed by atoms with E-state index in [4.69, 9.17) is 21.7 Å². The highest BCUT2D eigenvalue weighted by Gasteiger charge is 2.36. The van der Waals surface area contributed by atoms with E-state index in [0.29, 0.717) is 20.7 Å². The van der Waals surface area contributed by atoms with Gasteiger partial charge >= 0.3 is 0 Å². The van der Waals surface area contributed by atoms with Crippen LogP contribution >= 0.6 is 35.7 Å². The lowest BCUT2D eigenvalue weighted by molar-refractivity contribution is -0.127.